The standard InChI is InChI=1S/C34H35NO6S/c1-20-18-34(3,4)35-28-15-14-25(27(31(20)28)19-40-33(37)30-16-7-21(2)42-30)26-13-12-24(17-29(26)39-6)41-32(36)22-8-10-23(38-5)11-9-22/h8-18,21,35H,7,19H2,1-6H3. The van der Waals surface area contributed by atoms with E-state index in [2.05, 4.69) is 39.1 Å². The smallest absolute Gasteiger partial charge is 0.344 e. The molecule has 2 aliphatic heterocycles. The summed E-state index contributed by atoms with van der Waals surface area (Å²) in [5, 5.41) is 3.95. The lowest BCUT2D eigenvalue weighted by Gasteiger charge is -2.33. The number of carbonyl (C=O) groups excluding carboxylic acids is 2. The van der Waals surface area contributed by atoms with Crippen molar-refractivity contribution in [2.75, 3.05) is 19.5 Å². The van der Waals surface area contributed by atoms with E-state index in [1.54, 1.807) is 62.4 Å². The van der Waals surface area contributed by atoms with Gasteiger partial charge in [0.15, 0.2) is 0 Å². The second-order valence-corrected chi connectivity index (χ2v) is 12.5. The van der Waals surface area contributed by atoms with E-state index in [0.717, 1.165) is 39.9 Å². The number of rotatable bonds is 8. The number of fused-ring (bicyclic) bond motifs is 1. The first-order chi connectivity index (χ1) is 20.1. The van der Waals surface area contributed by atoms with E-state index in [1.165, 1.54) is 0 Å². The Morgan fingerprint density at radius 3 is 2.33 bits per heavy atom. The van der Waals surface area contributed by atoms with Crippen molar-refractivity contribution in [3.8, 4) is 28.4 Å². The van der Waals surface area contributed by atoms with Crippen LogP contribution in [-0.4, -0.2) is 36.9 Å². The zero-order valence-electron chi connectivity index (χ0n) is 24.7. The molecule has 7 nitrogen and oxygen atoms in total. The number of hydrogen-bond donors (Lipinski definition) is 1. The quantitative estimate of drug-likeness (QED) is 0.213. The predicted octanol–water partition coefficient (Wildman–Crippen LogP) is 7.65. The molecule has 42 heavy (non-hydrogen) atoms. The van der Waals surface area contributed by atoms with Crippen LogP contribution >= 0.6 is 11.8 Å². The summed E-state index contributed by atoms with van der Waals surface area (Å²) in [5.74, 6) is 0.724. The second kappa shape index (κ2) is 12.0. The van der Waals surface area contributed by atoms with E-state index in [9.17, 15) is 9.59 Å². The normalized spacial score (nSPS) is 16.9. The molecule has 0 fully saturated rings. The topological polar surface area (TPSA) is 83.1 Å². The summed E-state index contributed by atoms with van der Waals surface area (Å²) in [6, 6.07) is 16.1. The number of esters is 2. The molecule has 3 aromatic carbocycles. The Labute approximate surface area is 250 Å². The summed E-state index contributed by atoms with van der Waals surface area (Å²) in [5.41, 5.74) is 5.77. The molecule has 0 saturated carbocycles. The van der Waals surface area contributed by atoms with Crippen molar-refractivity contribution in [1.29, 1.82) is 0 Å². The molecule has 0 radical (unpaired) electrons. The van der Waals surface area contributed by atoms with Crippen LogP contribution in [0.5, 0.6) is 17.2 Å². The van der Waals surface area contributed by atoms with Gasteiger partial charge in [0.1, 0.15) is 23.9 Å². The van der Waals surface area contributed by atoms with Gasteiger partial charge in [0, 0.05) is 33.7 Å². The predicted molar refractivity (Wildman–Crippen MR) is 167 cm³/mol. The minimum absolute atomic E-state index is 0.0915. The van der Waals surface area contributed by atoms with Gasteiger partial charge in [0.05, 0.1) is 30.2 Å². The van der Waals surface area contributed by atoms with Crippen LogP contribution in [0.25, 0.3) is 16.7 Å². The number of ether oxygens (including phenoxy) is 4. The maximum absolute atomic E-state index is 13.0. The van der Waals surface area contributed by atoms with Gasteiger partial charge in [0.2, 0.25) is 0 Å². The summed E-state index contributed by atoms with van der Waals surface area (Å²) in [6.07, 6.45) is 4.98. The maximum Gasteiger partial charge on any atom is 0.344 e. The highest BCUT2D eigenvalue weighted by molar-refractivity contribution is 8.04. The summed E-state index contributed by atoms with van der Waals surface area (Å²) >= 11 is 1.55. The van der Waals surface area contributed by atoms with Crippen LogP contribution in [0.1, 0.15) is 55.6 Å². The lowest BCUT2D eigenvalue weighted by Crippen LogP contribution is -2.32. The molecular weight excluding hydrogens is 550 g/mol. The first-order valence-electron chi connectivity index (χ1n) is 13.8. The van der Waals surface area contributed by atoms with Crippen molar-refractivity contribution in [3.05, 3.63) is 88.3 Å². The summed E-state index contributed by atoms with van der Waals surface area (Å²) in [7, 11) is 3.15. The third-order valence-electron chi connectivity index (χ3n) is 7.25. The van der Waals surface area contributed by atoms with E-state index >= 15 is 0 Å². The van der Waals surface area contributed by atoms with E-state index in [1.807, 2.05) is 24.3 Å². The van der Waals surface area contributed by atoms with Gasteiger partial charge < -0.3 is 24.3 Å². The molecule has 1 N–H and O–H groups in total. The van der Waals surface area contributed by atoms with E-state index < -0.39 is 5.97 Å². The Bertz CT molecular complexity index is 1590. The van der Waals surface area contributed by atoms with Gasteiger partial charge in [-0.3, -0.25) is 0 Å². The molecule has 0 bridgehead atoms. The first-order valence-corrected chi connectivity index (χ1v) is 14.7. The molecule has 2 aliphatic rings. The number of nitrogens with one attached hydrogen (secondary N) is 1. The van der Waals surface area contributed by atoms with Gasteiger partial charge in [-0.05, 0) is 80.8 Å². The monoisotopic (exact) mass is 585 g/mol. The lowest BCUT2D eigenvalue weighted by atomic mass is 9.85. The molecule has 1 unspecified atom stereocenters. The maximum atomic E-state index is 13.0. The third-order valence-corrected chi connectivity index (χ3v) is 8.44. The highest BCUT2D eigenvalue weighted by Crippen LogP contribution is 2.44. The van der Waals surface area contributed by atoms with Crippen LogP contribution in [0.3, 0.4) is 0 Å². The molecule has 2 heterocycles. The summed E-state index contributed by atoms with van der Waals surface area (Å²) in [6.45, 7) is 8.50. The summed E-state index contributed by atoms with van der Waals surface area (Å²) < 4.78 is 22.5. The van der Waals surface area contributed by atoms with Crippen LogP contribution in [0.4, 0.5) is 5.69 Å². The first kappa shape index (κ1) is 29.3. The number of hydrogen-bond acceptors (Lipinski definition) is 8. The third kappa shape index (κ3) is 6.19. The highest BCUT2D eigenvalue weighted by atomic mass is 32.2. The van der Waals surface area contributed by atoms with Crippen molar-refractivity contribution in [2.45, 2.75) is 51.5 Å². The van der Waals surface area contributed by atoms with E-state index in [0.29, 0.717) is 33.0 Å². The van der Waals surface area contributed by atoms with Crippen LogP contribution in [0.2, 0.25) is 0 Å². The van der Waals surface area contributed by atoms with E-state index in [-0.39, 0.29) is 18.1 Å². The number of thioether (sulfide) groups is 1. The Balaban J connectivity index is 1.49. The molecule has 0 saturated heterocycles. The zero-order chi connectivity index (χ0) is 30.0. The summed E-state index contributed by atoms with van der Waals surface area (Å²) in [4.78, 5) is 26.4. The molecule has 3 aromatic rings. The Hall–Kier alpha value is -4.17. The number of anilines is 1. The lowest BCUT2D eigenvalue weighted by molar-refractivity contribution is -0.139. The molecule has 0 spiro atoms. The number of carbonyl (C=O) groups is 2. The Morgan fingerprint density at radius 2 is 1.67 bits per heavy atom. The van der Waals surface area contributed by atoms with Crippen LogP contribution in [0, 0.1) is 0 Å². The minimum Gasteiger partial charge on any atom is -0.497 e. The fraction of sp³-hybridized carbons (Fsp3) is 0.294. The van der Waals surface area contributed by atoms with Gasteiger partial charge >= 0.3 is 11.9 Å². The van der Waals surface area contributed by atoms with Gasteiger partial charge in [-0.25, -0.2) is 9.59 Å². The zero-order valence-corrected chi connectivity index (χ0v) is 25.5. The van der Waals surface area contributed by atoms with Gasteiger partial charge in [0.25, 0.3) is 0 Å². The largest absolute Gasteiger partial charge is 0.497 e. The van der Waals surface area contributed by atoms with Crippen LogP contribution in [-0.2, 0) is 16.1 Å². The Kier molecular flexibility index (Phi) is 8.36. The number of methoxy groups -OCH3 is 2. The average molecular weight is 586 g/mol. The van der Waals surface area contributed by atoms with Crippen LogP contribution < -0.4 is 19.5 Å². The van der Waals surface area contributed by atoms with Gasteiger partial charge in [-0.1, -0.05) is 25.1 Å². The van der Waals surface area contributed by atoms with Crippen molar-refractivity contribution < 1.29 is 28.5 Å². The van der Waals surface area contributed by atoms with Crippen molar-refractivity contribution in [2.24, 2.45) is 0 Å². The SMILES string of the molecule is COc1ccc(C(=O)Oc2ccc(-c3ccc4c(c3COC(=O)C3=CCC(C)S3)C(C)=CC(C)(C)N4)c(OC)c2)cc1. The molecule has 1 atom stereocenters. The molecule has 8 heteroatoms. The molecular formula is C34H35NO6S. The number of benzene rings is 3. The Morgan fingerprint density at radius 1 is 0.952 bits per heavy atom. The minimum atomic E-state index is -0.489. The average Bonchev–Trinajstić information content (AvgIpc) is 3.41. The van der Waals surface area contributed by atoms with Crippen molar-refractivity contribution in [3.63, 3.8) is 0 Å². The van der Waals surface area contributed by atoms with Crippen molar-refractivity contribution >= 4 is 35.0 Å². The van der Waals surface area contributed by atoms with Crippen molar-refractivity contribution in [1.82, 2.24) is 0 Å². The number of allylic oxidation sites excluding steroid dienone is 2. The van der Waals surface area contributed by atoms with Gasteiger partial charge in [-0.2, -0.15) is 0 Å². The molecule has 0 aliphatic carbocycles. The molecule has 0 aromatic heterocycles. The fourth-order valence-electron chi connectivity index (χ4n) is 5.38. The van der Waals surface area contributed by atoms with E-state index in [4.69, 9.17) is 18.9 Å². The van der Waals surface area contributed by atoms with Crippen LogP contribution in [0.15, 0.2) is 71.7 Å². The molecule has 5 rings (SSSR count). The second-order valence-electron chi connectivity index (χ2n) is 11.0. The molecule has 0 amide bonds. The fourth-order valence-corrected chi connectivity index (χ4v) is 6.35. The molecule has 218 valence electrons. The van der Waals surface area contributed by atoms with Gasteiger partial charge in [-0.15, -0.1) is 11.8 Å². The highest BCUT2D eigenvalue weighted by Gasteiger charge is 2.28.